The summed E-state index contributed by atoms with van der Waals surface area (Å²) in [6.07, 6.45) is 5.06. The maximum Gasteiger partial charge on any atom is 0.254 e. The van der Waals surface area contributed by atoms with Crippen molar-refractivity contribution in [3.8, 4) is 0 Å². The van der Waals surface area contributed by atoms with E-state index in [0.29, 0.717) is 17.8 Å². The van der Waals surface area contributed by atoms with Crippen LogP contribution in [0.4, 0.5) is 5.69 Å². The van der Waals surface area contributed by atoms with Crippen LogP contribution in [0.15, 0.2) is 36.4 Å². The summed E-state index contributed by atoms with van der Waals surface area (Å²) in [7, 11) is 0. The predicted octanol–water partition coefficient (Wildman–Crippen LogP) is 1.67. The Hall–Kier alpha value is -1.77. The summed E-state index contributed by atoms with van der Waals surface area (Å²) >= 11 is 0. The van der Waals surface area contributed by atoms with Crippen molar-refractivity contribution in [1.29, 1.82) is 0 Å². The lowest BCUT2D eigenvalue weighted by atomic mass is 10.1. The van der Waals surface area contributed by atoms with Gasteiger partial charge in [-0.05, 0) is 24.6 Å². The Morgan fingerprint density at radius 3 is 2.87 bits per heavy atom. The Kier molecular flexibility index (Phi) is 2.72. The summed E-state index contributed by atoms with van der Waals surface area (Å²) in [5.41, 5.74) is 6.95. The van der Waals surface area contributed by atoms with Gasteiger partial charge in [0.05, 0.1) is 0 Å². The third-order valence-electron chi connectivity index (χ3n) is 2.48. The van der Waals surface area contributed by atoms with E-state index in [2.05, 4.69) is 6.08 Å². The van der Waals surface area contributed by atoms with Crippen LogP contribution in [0.5, 0.6) is 0 Å². The minimum Gasteiger partial charge on any atom is -0.399 e. The summed E-state index contributed by atoms with van der Waals surface area (Å²) < 4.78 is 0. The van der Waals surface area contributed by atoms with Crippen molar-refractivity contribution in [2.24, 2.45) is 0 Å². The van der Waals surface area contributed by atoms with Gasteiger partial charge in [0.25, 0.3) is 5.91 Å². The zero-order valence-electron chi connectivity index (χ0n) is 8.52. The number of hydrogen-bond donors (Lipinski definition) is 1. The molecule has 0 radical (unpaired) electrons. The second-order valence-corrected chi connectivity index (χ2v) is 3.64. The molecule has 0 fully saturated rings. The molecule has 2 N–H and O–H groups in total. The lowest BCUT2D eigenvalue weighted by Gasteiger charge is -2.23. The van der Waals surface area contributed by atoms with Crippen molar-refractivity contribution in [2.45, 2.75) is 6.42 Å². The van der Waals surface area contributed by atoms with Gasteiger partial charge in [0.2, 0.25) is 0 Å². The van der Waals surface area contributed by atoms with E-state index < -0.39 is 0 Å². The number of carbonyl (C=O) groups is 1. The first-order valence-corrected chi connectivity index (χ1v) is 5.07. The monoisotopic (exact) mass is 202 g/mol. The van der Waals surface area contributed by atoms with E-state index in [1.807, 2.05) is 17.0 Å². The van der Waals surface area contributed by atoms with Gasteiger partial charge < -0.3 is 10.6 Å². The van der Waals surface area contributed by atoms with Crippen LogP contribution >= 0.6 is 0 Å². The number of hydrogen-bond acceptors (Lipinski definition) is 2. The molecule has 78 valence electrons. The van der Waals surface area contributed by atoms with Crippen molar-refractivity contribution in [3.63, 3.8) is 0 Å². The van der Waals surface area contributed by atoms with Gasteiger partial charge in [-0.15, -0.1) is 0 Å². The zero-order chi connectivity index (χ0) is 10.7. The zero-order valence-corrected chi connectivity index (χ0v) is 8.52. The Morgan fingerprint density at radius 1 is 1.33 bits per heavy atom. The van der Waals surface area contributed by atoms with Gasteiger partial charge >= 0.3 is 0 Å². The predicted molar refractivity (Wildman–Crippen MR) is 60.5 cm³/mol. The SMILES string of the molecule is Nc1cccc(C(=O)N2CC=CCC2)c1. The van der Waals surface area contributed by atoms with Crippen LogP contribution < -0.4 is 5.73 Å². The van der Waals surface area contributed by atoms with Gasteiger partial charge in [0.15, 0.2) is 0 Å². The molecule has 3 heteroatoms. The standard InChI is InChI=1S/C12H14N2O/c13-11-6-4-5-10(9-11)12(15)14-7-2-1-3-8-14/h1-2,4-6,9H,3,7-8,13H2. The number of nitrogen functional groups attached to an aromatic ring is 1. The minimum absolute atomic E-state index is 0.0617. The number of nitrogens with two attached hydrogens (primary N) is 1. The molecule has 0 aromatic heterocycles. The van der Waals surface area contributed by atoms with Crippen LogP contribution in [0.2, 0.25) is 0 Å². The maximum atomic E-state index is 12.0. The van der Waals surface area contributed by atoms with Crippen LogP contribution in [-0.4, -0.2) is 23.9 Å². The number of carbonyl (C=O) groups excluding carboxylic acids is 1. The Morgan fingerprint density at radius 2 is 2.20 bits per heavy atom. The molecule has 2 rings (SSSR count). The van der Waals surface area contributed by atoms with Crippen molar-refractivity contribution < 1.29 is 4.79 Å². The van der Waals surface area contributed by atoms with Gasteiger partial charge in [-0.1, -0.05) is 18.2 Å². The molecular weight excluding hydrogens is 188 g/mol. The lowest BCUT2D eigenvalue weighted by Crippen LogP contribution is -2.33. The average Bonchev–Trinajstić information content (AvgIpc) is 2.29. The molecule has 0 unspecified atom stereocenters. The summed E-state index contributed by atoms with van der Waals surface area (Å²) in [5.74, 6) is 0.0617. The molecule has 1 amide bonds. The van der Waals surface area contributed by atoms with Gasteiger partial charge in [-0.3, -0.25) is 4.79 Å². The molecule has 1 aromatic carbocycles. The first-order valence-electron chi connectivity index (χ1n) is 5.07. The third kappa shape index (κ3) is 2.18. The molecule has 0 aliphatic carbocycles. The van der Waals surface area contributed by atoms with E-state index in [1.54, 1.807) is 18.2 Å². The van der Waals surface area contributed by atoms with Gasteiger partial charge in [-0.2, -0.15) is 0 Å². The van der Waals surface area contributed by atoms with Crippen LogP contribution in [0, 0.1) is 0 Å². The van der Waals surface area contributed by atoms with Crippen LogP contribution in [0.3, 0.4) is 0 Å². The highest BCUT2D eigenvalue weighted by Gasteiger charge is 2.15. The normalized spacial score (nSPS) is 15.3. The molecule has 0 saturated carbocycles. The van der Waals surface area contributed by atoms with E-state index in [9.17, 15) is 4.79 Å². The van der Waals surface area contributed by atoms with Gasteiger partial charge in [-0.25, -0.2) is 0 Å². The largest absolute Gasteiger partial charge is 0.399 e. The number of anilines is 1. The molecule has 1 heterocycles. The Balaban J connectivity index is 2.16. The smallest absolute Gasteiger partial charge is 0.254 e. The minimum atomic E-state index is 0.0617. The van der Waals surface area contributed by atoms with Crippen LogP contribution in [-0.2, 0) is 0 Å². The van der Waals surface area contributed by atoms with Crippen LogP contribution in [0.1, 0.15) is 16.8 Å². The van der Waals surface area contributed by atoms with Crippen molar-refractivity contribution >= 4 is 11.6 Å². The van der Waals surface area contributed by atoms with Crippen molar-refractivity contribution in [2.75, 3.05) is 18.8 Å². The molecule has 15 heavy (non-hydrogen) atoms. The molecule has 3 nitrogen and oxygen atoms in total. The van der Waals surface area contributed by atoms with Crippen molar-refractivity contribution in [3.05, 3.63) is 42.0 Å². The molecule has 1 aromatic rings. The second-order valence-electron chi connectivity index (χ2n) is 3.64. The number of benzene rings is 1. The number of amides is 1. The second kappa shape index (κ2) is 4.17. The Bertz CT molecular complexity index is 398. The third-order valence-corrected chi connectivity index (χ3v) is 2.48. The maximum absolute atomic E-state index is 12.0. The average molecular weight is 202 g/mol. The van der Waals surface area contributed by atoms with E-state index in [0.717, 1.165) is 13.0 Å². The lowest BCUT2D eigenvalue weighted by molar-refractivity contribution is 0.0771. The summed E-state index contributed by atoms with van der Waals surface area (Å²) in [5, 5.41) is 0. The first-order chi connectivity index (χ1) is 7.27. The molecular formula is C12H14N2O. The van der Waals surface area contributed by atoms with Crippen LogP contribution in [0.25, 0.3) is 0 Å². The summed E-state index contributed by atoms with van der Waals surface area (Å²) in [4.78, 5) is 13.8. The first kappa shape index (κ1) is 9.77. The van der Waals surface area contributed by atoms with Gasteiger partial charge in [0, 0.05) is 24.3 Å². The summed E-state index contributed by atoms with van der Waals surface area (Å²) in [6.45, 7) is 1.50. The number of rotatable bonds is 1. The number of nitrogens with zero attached hydrogens (tertiary/aromatic N) is 1. The van der Waals surface area contributed by atoms with Crippen molar-refractivity contribution in [1.82, 2.24) is 4.90 Å². The highest BCUT2D eigenvalue weighted by Crippen LogP contribution is 2.11. The van der Waals surface area contributed by atoms with E-state index in [-0.39, 0.29) is 5.91 Å². The summed E-state index contributed by atoms with van der Waals surface area (Å²) in [6, 6.07) is 7.12. The highest BCUT2D eigenvalue weighted by atomic mass is 16.2. The molecule has 0 spiro atoms. The molecule has 1 aliphatic heterocycles. The fraction of sp³-hybridized carbons (Fsp3) is 0.250. The quantitative estimate of drug-likeness (QED) is 0.556. The van der Waals surface area contributed by atoms with E-state index in [4.69, 9.17) is 5.73 Å². The molecule has 0 saturated heterocycles. The topological polar surface area (TPSA) is 46.3 Å². The molecule has 0 atom stereocenters. The fourth-order valence-electron chi connectivity index (χ4n) is 1.68. The highest BCUT2D eigenvalue weighted by molar-refractivity contribution is 5.95. The van der Waals surface area contributed by atoms with Gasteiger partial charge in [0.1, 0.15) is 0 Å². The molecule has 0 bridgehead atoms. The Labute approximate surface area is 89.2 Å². The van der Waals surface area contributed by atoms with E-state index in [1.165, 1.54) is 0 Å². The van der Waals surface area contributed by atoms with E-state index >= 15 is 0 Å². The fourth-order valence-corrected chi connectivity index (χ4v) is 1.68. The molecule has 1 aliphatic rings.